The fraction of sp³-hybridized carbons (Fsp3) is 0.154. The standard InChI is InChI=1S/C13H13NO4S/c1-14-13(15)12-10(7-8-18-12)9-19(16,17)11-5-3-2-4-6-11/h2-8H,9H2,1H3,(H,14,15). The summed E-state index contributed by atoms with van der Waals surface area (Å²) in [5, 5.41) is 2.41. The molecule has 100 valence electrons. The summed E-state index contributed by atoms with van der Waals surface area (Å²) in [5.74, 6) is -0.679. The van der Waals surface area contributed by atoms with Crippen molar-refractivity contribution < 1.29 is 17.6 Å². The minimum absolute atomic E-state index is 0.0296. The van der Waals surface area contributed by atoms with Crippen LogP contribution in [0.3, 0.4) is 0 Å². The number of benzene rings is 1. The van der Waals surface area contributed by atoms with Crippen LogP contribution in [0.1, 0.15) is 16.1 Å². The van der Waals surface area contributed by atoms with Crippen molar-refractivity contribution in [1.82, 2.24) is 5.32 Å². The third-order valence-electron chi connectivity index (χ3n) is 2.63. The van der Waals surface area contributed by atoms with Gasteiger partial charge in [-0.15, -0.1) is 0 Å². The lowest BCUT2D eigenvalue weighted by molar-refractivity contribution is 0.0934. The van der Waals surface area contributed by atoms with E-state index >= 15 is 0 Å². The first-order valence-electron chi connectivity index (χ1n) is 5.61. The number of hydrogen-bond donors (Lipinski definition) is 1. The van der Waals surface area contributed by atoms with Crippen molar-refractivity contribution in [2.75, 3.05) is 7.05 Å². The maximum absolute atomic E-state index is 12.2. The lowest BCUT2D eigenvalue weighted by Crippen LogP contribution is -2.19. The van der Waals surface area contributed by atoms with Crippen LogP contribution in [0.15, 0.2) is 52.0 Å². The van der Waals surface area contributed by atoms with E-state index in [0.717, 1.165) is 0 Å². The van der Waals surface area contributed by atoms with Gasteiger partial charge in [0, 0.05) is 12.6 Å². The number of carbonyl (C=O) groups excluding carboxylic acids is 1. The number of amides is 1. The van der Waals surface area contributed by atoms with Gasteiger partial charge < -0.3 is 9.73 Å². The fourth-order valence-corrected chi connectivity index (χ4v) is 3.05. The highest BCUT2D eigenvalue weighted by Gasteiger charge is 2.21. The number of hydrogen-bond acceptors (Lipinski definition) is 4. The monoisotopic (exact) mass is 279 g/mol. The van der Waals surface area contributed by atoms with E-state index in [1.807, 2.05) is 0 Å². The van der Waals surface area contributed by atoms with E-state index in [2.05, 4.69) is 5.32 Å². The van der Waals surface area contributed by atoms with Crippen LogP contribution >= 0.6 is 0 Å². The Bertz CT molecular complexity index is 674. The molecule has 1 amide bonds. The van der Waals surface area contributed by atoms with Crippen molar-refractivity contribution in [2.24, 2.45) is 0 Å². The third-order valence-corrected chi connectivity index (χ3v) is 4.31. The van der Waals surface area contributed by atoms with Crippen LogP contribution in [0, 0.1) is 0 Å². The second-order valence-electron chi connectivity index (χ2n) is 3.93. The predicted octanol–water partition coefficient (Wildman–Crippen LogP) is 1.61. The zero-order valence-corrected chi connectivity index (χ0v) is 11.1. The second kappa shape index (κ2) is 5.27. The van der Waals surface area contributed by atoms with Gasteiger partial charge >= 0.3 is 0 Å². The largest absolute Gasteiger partial charge is 0.459 e. The topological polar surface area (TPSA) is 76.4 Å². The molecule has 0 saturated heterocycles. The summed E-state index contributed by atoms with van der Waals surface area (Å²) >= 11 is 0. The highest BCUT2D eigenvalue weighted by molar-refractivity contribution is 7.90. The summed E-state index contributed by atoms with van der Waals surface area (Å²) in [6.07, 6.45) is 1.31. The molecular formula is C13H13NO4S. The number of carbonyl (C=O) groups is 1. The Hall–Kier alpha value is -2.08. The van der Waals surface area contributed by atoms with Crippen LogP contribution in [0.25, 0.3) is 0 Å². The van der Waals surface area contributed by atoms with Gasteiger partial charge in [-0.25, -0.2) is 8.42 Å². The first-order chi connectivity index (χ1) is 9.04. The van der Waals surface area contributed by atoms with E-state index in [-0.39, 0.29) is 16.4 Å². The molecule has 0 aliphatic carbocycles. The molecule has 0 aliphatic heterocycles. The Morgan fingerprint density at radius 3 is 2.53 bits per heavy atom. The Morgan fingerprint density at radius 1 is 1.21 bits per heavy atom. The molecule has 5 nitrogen and oxygen atoms in total. The summed E-state index contributed by atoms with van der Waals surface area (Å²) in [7, 11) is -2.03. The van der Waals surface area contributed by atoms with Crippen LogP contribution in [0.5, 0.6) is 0 Å². The third kappa shape index (κ3) is 2.85. The highest BCUT2D eigenvalue weighted by Crippen LogP contribution is 2.19. The second-order valence-corrected chi connectivity index (χ2v) is 5.92. The van der Waals surface area contributed by atoms with E-state index in [1.54, 1.807) is 18.2 Å². The molecule has 0 spiro atoms. The van der Waals surface area contributed by atoms with Crippen LogP contribution in [-0.4, -0.2) is 21.4 Å². The summed E-state index contributed by atoms with van der Waals surface area (Å²) in [6.45, 7) is 0. The Labute approximate surface area is 111 Å². The minimum Gasteiger partial charge on any atom is -0.459 e. The number of furan rings is 1. The smallest absolute Gasteiger partial charge is 0.287 e. The summed E-state index contributed by atoms with van der Waals surface area (Å²) in [4.78, 5) is 11.7. The van der Waals surface area contributed by atoms with Gasteiger partial charge in [0.15, 0.2) is 15.6 Å². The van der Waals surface area contributed by atoms with Gasteiger partial charge in [0.1, 0.15) is 0 Å². The Morgan fingerprint density at radius 2 is 1.89 bits per heavy atom. The van der Waals surface area contributed by atoms with Gasteiger partial charge in [0.05, 0.1) is 16.9 Å². The van der Waals surface area contributed by atoms with Gasteiger partial charge in [-0.05, 0) is 18.2 Å². The summed E-state index contributed by atoms with van der Waals surface area (Å²) < 4.78 is 29.4. The Balaban J connectivity index is 2.32. The number of sulfone groups is 1. The summed E-state index contributed by atoms with van der Waals surface area (Å²) in [6, 6.07) is 9.59. The van der Waals surface area contributed by atoms with E-state index in [4.69, 9.17) is 4.42 Å². The molecule has 0 aliphatic rings. The van der Waals surface area contributed by atoms with Gasteiger partial charge in [-0.3, -0.25) is 4.79 Å². The zero-order valence-electron chi connectivity index (χ0n) is 10.3. The van der Waals surface area contributed by atoms with Crippen LogP contribution in [-0.2, 0) is 15.6 Å². The molecule has 1 N–H and O–H groups in total. The van der Waals surface area contributed by atoms with Crippen LogP contribution in [0.4, 0.5) is 0 Å². The molecule has 6 heteroatoms. The first-order valence-corrected chi connectivity index (χ1v) is 7.26. The molecule has 19 heavy (non-hydrogen) atoms. The molecule has 1 aromatic carbocycles. The normalized spacial score (nSPS) is 11.2. The van der Waals surface area contributed by atoms with E-state index in [0.29, 0.717) is 5.56 Å². The minimum atomic E-state index is -3.49. The molecule has 0 radical (unpaired) electrons. The average molecular weight is 279 g/mol. The molecule has 0 unspecified atom stereocenters. The molecule has 2 aromatic rings. The van der Waals surface area contributed by atoms with Crippen molar-refractivity contribution in [1.29, 1.82) is 0 Å². The molecule has 0 atom stereocenters. The predicted molar refractivity (Wildman–Crippen MR) is 69.4 cm³/mol. The molecule has 1 heterocycles. The van der Waals surface area contributed by atoms with Crippen molar-refractivity contribution in [2.45, 2.75) is 10.6 Å². The molecular weight excluding hydrogens is 266 g/mol. The van der Waals surface area contributed by atoms with Crippen LogP contribution in [0.2, 0.25) is 0 Å². The van der Waals surface area contributed by atoms with Crippen molar-refractivity contribution in [3.63, 3.8) is 0 Å². The average Bonchev–Trinajstić information content (AvgIpc) is 2.86. The van der Waals surface area contributed by atoms with E-state index < -0.39 is 15.7 Å². The highest BCUT2D eigenvalue weighted by atomic mass is 32.2. The van der Waals surface area contributed by atoms with Gasteiger partial charge in [-0.2, -0.15) is 0 Å². The van der Waals surface area contributed by atoms with Crippen LogP contribution < -0.4 is 5.32 Å². The van der Waals surface area contributed by atoms with Crippen molar-refractivity contribution >= 4 is 15.7 Å². The molecule has 1 aromatic heterocycles. The van der Waals surface area contributed by atoms with Crippen molar-refractivity contribution in [3.8, 4) is 0 Å². The quantitative estimate of drug-likeness (QED) is 0.922. The molecule has 0 fully saturated rings. The lowest BCUT2D eigenvalue weighted by atomic mass is 10.3. The van der Waals surface area contributed by atoms with Gasteiger partial charge in [0.2, 0.25) is 0 Å². The maximum atomic E-state index is 12.2. The van der Waals surface area contributed by atoms with Crippen molar-refractivity contribution in [3.05, 3.63) is 54.0 Å². The molecule has 2 rings (SSSR count). The maximum Gasteiger partial charge on any atom is 0.287 e. The first kappa shape index (κ1) is 13.4. The Kier molecular flexibility index (Phi) is 3.71. The number of rotatable bonds is 4. The fourth-order valence-electron chi connectivity index (χ4n) is 1.68. The SMILES string of the molecule is CNC(=O)c1occc1CS(=O)(=O)c1ccccc1. The van der Waals surface area contributed by atoms with E-state index in [1.165, 1.54) is 31.5 Å². The lowest BCUT2D eigenvalue weighted by Gasteiger charge is -2.04. The summed E-state index contributed by atoms with van der Waals surface area (Å²) in [5.41, 5.74) is 0.350. The number of nitrogens with one attached hydrogen (secondary N) is 1. The molecule has 0 bridgehead atoms. The van der Waals surface area contributed by atoms with Gasteiger partial charge in [-0.1, -0.05) is 18.2 Å². The zero-order chi connectivity index (χ0) is 13.9. The molecule has 0 saturated carbocycles. The van der Waals surface area contributed by atoms with Gasteiger partial charge in [0.25, 0.3) is 5.91 Å². The van der Waals surface area contributed by atoms with E-state index in [9.17, 15) is 13.2 Å².